The normalized spacial score (nSPS) is 13.7. The minimum absolute atomic E-state index is 0.118. The molecule has 0 unspecified atom stereocenters. The summed E-state index contributed by atoms with van der Waals surface area (Å²) in [4.78, 5) is 24.3. The van der Waals surface area contributed by atoms with E-state index >= 15 is 0 Å². The van der Waals surface area contributed by atoms with E-state index in [0.717, 1.165) is 48.8 Å². The van der Waals surface area contributed by atoms with Crippen LogP contribution in [0.1, 0.15) is 42.3 Å². The van der Waals surface area contributed by atoms with Crippen LogP contribution in [0.3, 0.4) is 0 Å². The van der Waals surface area contributed by atoms with Crippen molar-refractivity contribution in [1.29, 1.82) is 0 Å². The molecule has 0 atom stereocenters. The average molecular weight is 537 g/mol. The summed E-state index contributed by atoms with van der Waals surface area (Å²) in [6.07, 6.45) is 3.45. The van der Waals surface area contributed by atoms with E-state index < -0.39 is 0 Å². The number of rotatable bonds is 8. The highest BCUT2D eigenvalue weighted by atomic mass is 32.2. The number of anilines is 3. The van der Waals surface area contributed by atoms with Gasteiger partial charge in [0, 0.05) is 44.1 Å². The summed E-state index contributed by atoms with van der Waals surface area (Å²) in [5, 5.41) is 6.39. The fourth-order valence-electron chi connectivity index (χ4n) is 4.17. The number of amides is 1. The van der Waals surface area contributed by atoms with Gasteiger partial charge in [-0.2, -0.15) is 0 Å². The molecule has 0 radical (unpaired) electrons. The van der Waals surface area contributed by atoms with Crippen molar-refractivity contribution in [2.45, 2.75) is 33.1 Å². The summed E-state index contributed by atoms with van der Waals surface area (Å²) in [6, 6.07) is 11.2. The first-order chi connectivity index (χ1) is 18.2. The molecule has 3 aromatic rings. The van der Waals surface area contributed by atoms with E-state index in [1.165, 1.54) is 18.3 Å². The van der Waals surface area contributed by atoms with Gasteiger partial charge < -0.3 is 29.7 Å². The molecule has 1 aromatic heterocycles. The van der Waals surface area contributed by atoms with Crippen LogP contribution in [0.4, 0.5) is 17.2 Å². The SMILES string of the molecule is COc1c(NSC)cc(C(C)(C)C)cc1NC(=O)c1ccc(C)c(Oc2cc(N3CCNCC3)ncn2)c1. The van der Waals surface area contributed by atoms with Gasteiger partial charge in [-0.05, 0) is 47.7 Å². The average Bonchev–Trinajstić information content (AvgIpc) is 2.90. The lowest BCUT2D eigenvalue weighted by atomic mass is 9.86. The number of aromatic nitrogens is 2. The highest BCUT2D eigenvalue weighted by Gasteiger charge is 2.22. The summed E-state index contributed by atoms with van der Waals surface area (Å²) in [5.74, 6) is 2.12. The molecule has 1 aliphatic heterocycles. The second kappa shape index (κ2) is 11.9. The predicted molar refractivity (Wildman–Crippen MR) is 155 cm³/mol. The van der Waals surface area contributed by atoms with Gasteiger partial charge >= 0.3 is 0 Å². The fourth-order valence-corrected chi connectivity index (χ4v) is 4.54. The molecule has 2 heterocycles. The van der Waals surface area contributed by atoms with Crippen LogP contribution in [-0.4, -0.2) is 55.4 Å². The number of ether oxygens (including phenoxy) is 2. The van der Waals surface area contributed by atoms with Crippen molar-refractivity contribution in [3.8, 4) is 17.4 Å². The third kappa shape index (κ3) is 6.49. The van der Waals surface area contributed by atoms with Gasteiger partial charge in [-0.25, -0.2) is 9.97 Å². The summed E-state index contributed by atoms with van der Waals surface area (Å²) < 4.78 is 15.1. The first-order valence-electron chi connectivity index (χ1n) is 12.6. The van der Waals surface area contributed by atoms with Crippen molar-refractivity contribution < 1.29 is 14.3 Å². The van der Waals surface area contributed by atoms with Crippen LogP contribution in [0.25, 0.3) is 0 Å². The fraction of sp³-hybridized carbons (Fsp3) is 0.393. The van der Waals surface area contributed by atoms with E-state index in [2.05, 4.69) is 57.1 Å². The topological polar surface area (TPSA) is 101 Å². The highest BCUT2D eigenvalue weighted by Crippen LogP contribution is 2.40. The number of aryl methyl sites for hydroxylation is 1. The molecular formula is C28H36N6O3S. The van der Waals surface area contributed by atoms with Crippen LogP contribution in [0.15, 0.2) is 42.7 Å². The zero-order valence-corrected chi connectivity index (χ0v) is 23.7. The molecule has 10 heteroatoms. The van der Waals surface area contributed by atoms with E-state index in [0.29, 0.717) is 28.6 Å². The lowest BCUT2D eigenvalue weighted by Gasteiger charge is -2.28. The Morgan fingerprint density at radius 1 is 1.08 bits per heavy atom. The second-order valence-corrected chi connectivity index (χ2v) is 10.8. The minimum Gasteiger partial charge on any atom is -0.492 e. The van der Waals surface area contributed by atoms with E-state index in [9.17, 15) is 4.79 Å². The number of methoxy groups -OCH3 is 1. The van der Waals surface area contributed by atoms with E-state index in [4.69, 9.17) is 9.47 Å². The standard InChI is InChI=1S/C28H36N6O3S/c1-18-7-8-19(13-23(18)37-25-16-24(30-17-31-25)34-11-9-29-10-12-34)27(35)32-21-14-20(28(2,3)4)15-22(33-38-6)26(21)36-5/h7-8,13-17,29,33H,9-12H2,1-6H3,(H,32,35). The summed E-state index contributed by atoms with van der Waals surface area (Å²) in [6.45, 7) is 11.9. The Labute approximate surface area is 228 Å². The van der Waals surface area contributed by atoms with E-state index in [1.807, 2.05) is 31.4 Å². The number of piperazine rings is 1. The first-order valence-corrected chi connectivity index (χ1v) is 13.8. The predicted octanol–water partition coefficient (Wildman–Crippen LogP) is 5.24. The van der Waals surface area contributed by atoms with Gasteiger partial charge in [-0.15, -0.1) is 0 Å². The largest absolute Gasteiger partial charge is 0.492 e. The number of hydrogen-bond acceptors (Lipinski definition) is 9. The summed E-state index contributed by atoms with van der Waals surface area (Å²) in [7, 11) is 1.60. The summed E-state index contributed by atoms with van der Waals surface area (Å²) >= 11 is 1.47. The van der Waals surface area contributed by atoms with Crippen molar-refractivity contribution in [2.24, 2.45) is 0 Å². The molecule has 1 saturated heterocycles. The van der Waals surface area contributed by atoms with Gasteiger partial charge in [-0.1, -0.05) is 38.8 Å². The smallest absolute Gasteiger partial charge is 0.255 e. The van der Waals surface area contributed by atoms with Gasteiger partial charge in [0.05, 0.1) is 18.5 Å². The minimum atomic E-state index is -0.265. The molecule has 0 aliphatic carbocycles. The molecular weight excluding hydrogens is 500 g/mol. The maximum absolute atomic E-state index is 13.4. The molecule has 0 bridgehead atoms. The molecule has 4 rings (SSSR count). The molecule has 1 fully saturated rings. The molecule has 1 aliphatic rings. The number of nitrogens with zero attached hydrogens (tertiary/aromatic N) is 3. The Morgan fingerprint density at radius 2 is 1.82 bits per heavy atom. The van der Waals surface area contributed by atoms with E-state index in [1.54, 1.807) is 19.2 Å². The van der Waals surface area contributed by atoms with Crippen molar-refractivity contribution in [3.05, 3.63) is 59.4 Å². The Hall–Kier alpha value is -3.50. The van der Waals surface area contributed by atoms with Crippen LogP contribution < -0.4 is 29.7 Å². The molecule has 202 valence electrons. The van der Waals surface area contributed by atoms with Crippen LogP contribution in [-0.2, 0) is 5.41 Å². The van der Waals surface area contributed by atoms with Gasteiger partial charge in [0.2, 0.25) is 5.88 Å². The summed E-state index contributed by atoms with van der Waals surface area (Å²) in [5.41, 5.74) is 3.71. The second-order valence-electron chi connectivity index (χ2n) is 10.1. The number of carbonyl (C=O) groups is 1. The van der Waals surface area contributed by atoms with Crippen molar-refractivity contribution in [2.75, 3.05) is 54.5 Å². The van der Waals surface area contributed by atoms with Gasteiger partial charge in [0.25, 0.3) is 5.91 Å². The number of hydrogen-bond donors (Lipinski definition) is 3. The van der Waals surface area contributed by atoms with Crippen molar-refractivity contribution in [1.82, 2.24) is 15.3 Å². The monoisotopic (exact) mass is 536 g/mol. The van der Waals surface area contributed by atoms with Gasteiger partial charge in [-0.3, -0.25) is 4.79 Å². The van der Waals surface area contributed by atoms with Crippen LogP contribution >= 0.6 is 11.9 Å². The van der Waals surface area contributed by atoms with Crippen LogP contribution in [0, 0.1) is 6.92 Å². The van der Waals surface area contributed by atoms with Crippen LogP contribution in [0.5, 0.6) is 17.4 Å². The molecule has 9 nitrogen and oxygen atoms in total. The Kier molecular flexibility index (Phi) is 8.63. The zero-order chi connectivity index (χ0) is 27.3. The lowest BCUT2D eigenvalue weighted by molar-refractivity contribution is 0.102. The zero-order valence-electron chi connectivity index (χ0n) is 22.8. The molecule has 2 aromatic carbocycles. The maximum Gasteiger partial charge on any atom is 0.255 e. The third-order valence-corrected chi connectivity index (χ3v) is 6.78. The lowest BCUT2D eigenvalue weighted by Crippen LogP contribution is -2.43. The third-order valence-electron chi connectivity index (χ3n) is 6.35. The van der Waals surface area contributed by atoms with Crippen LogP contribution in [0.2, 0.25) is 0 Å². The van der Waals surface area contributed by atoms with Gasteiger partial charge in [0.1, 0.15) is 17.9 Å². The maximum atomic E-state index is 13.4. The quantitative estimate of drug-likeness (QED) is 0.334. The first kappa shape index (κ1) is 27.5. The molecule has 1 amide bonds. The molecule has 0 saturated carbocycles. The van der Waals surface area contributed by atoms with Gasteiger partial charge in [0.15, 0.2) is 5.75 Å². The van der Waals surface area contributed by atoms with Crippen molar-refractivity contribution in [3.63, 3.8) is 0 Å². The number of carbonyl (C=O) groups excluding carboxylic acids is 1. The van der Waals surface area contributed by atoms with Crippen molar-refractivity contribution >= 4 is 35.0 Å². The Morgan fingerprint density at radius 3 is 2.50 bits per heavy atom. The Bertz CT molecular complexity index is 1290. The number of nitrogens with one attached hydrogen (secondary N) is 3. The van der Waals surface area contributed by atoms with E-state index in [-0.39, 0.29) is 11.3 Å². The highest BCUT2D eigenvalue weighted by molar-refractivity contribution is 7.99. The molecule has 38 heavy (non-hydrogen) atoms. The molecule has 0 spiro atoms. The molecule has 3 N–H and O–H groups in total. The number of benzene rings is 2. The Balaban J connectivity index is 1.59.